The minimum atomic E-state index is 0.299. The van der Waals surface area contributed by atoms with E-state index in [1.54, 1.807) is 6.07 Å². The first-order valence-electron chi connectivity index (χ1n) is 12.1. The van der Waals surface area contributed by atoms with Crippen LogP contribution in [0.5, 0.6) is 5.75 Å². The normalized spacial score (nSPS) is 17.5. The van der Waals surface area contributed by atoms with Crippen molar-refractivity contribution < 1.29 is 9.84 Å². The zero-order valence-corrected chi connectivity index (χ0v) is 19.3. The monoisotopic (exact) mass is 455 g/mol. The number of hydrogen-bond acceptors (Lipinski definition) is 5. The van der Waals surface area contributed by atoms with Crippen LogP contribution in [0.25, 0.3) is 39.1 Å². The van der Waals surface area contributed by atoms with E-state index >= 15 is 0 Å². The van der Waals surface area contributed by atoms with Gasteiger partial charge in [0.1, 0.15) is 11.4 Å². The molecule has 0 unspecified atom stereocenters. The molecule has 0 spiro atoms. The number of H-pyrrole nitrogens is 2. The van der Waals surface area contributed by atoms with Gasteiger partial charge in [-0.2, -0.15) is 5.10 Å². The standard InChI is InChI=1S/C27H29N5O2/c1-2-17-13-21(33)4-6-22(17)18-3-5-23-24(14-18)30-31-26(23)27-28-15-25(29-27)19-7-10-32(16-19)20-8-11-34-12-9-20/h3-7,13-15,20,33H,2,8-12,16H2,1H3,(H,28,29)(H,30,31). The van der Waals surface area contributed by atoms with Crippen molar-refractivity contribution in [1.29, 1.82) is 0 Å². The van der Waals surface area contributed by atoms with Gasteiger partial charge in [0.2, 0.25) is 0 Å². The molecule has 7 nitrogen and oxygen atoms in total. The fraction of sp³-hybridized carbons (Fsp3) is 0.333. The molecule has 0 amide bonds. The third-order valence-corrected chi connectivity index (χ3v) is 7.14. The molecule has 2 aromatic heterocycles. The van der Waals surface area contributed by atoms with E-state index in [4.69, 9.17) is 4.74 Å². The van der Waals surface area contributed by atoms with E-state index in [0.29, 0.717) is 11.8 Å². The Kier molecular flexibility index (Phi) is 5.43. The molecule has 0 saturated carbocycles. The second-order valence-corrected chi connectivity index (χ2v) is 9.18. The molecule has 1 fully saturated rings. The zero-order valence-electron chi connectivity index (χ0n) is 19.3. The average Bonchev–Trinajstić information content (AvgIpc) is 3.63. The number of phenols is 1. The van der Waals surface area contributed by atoms with Crippen LogP contribution in [0.1, 0.15) is 31.0 Å². The fourth-order valence-electron chi connectivity index (χ4n) is 5.23. The lowest BCUT2D eigenvalue weighted by atomic mass is 9.97. The Balaban J connectivity index is 1.25. The number of fused-ring (bicyclic) bond motifs is 1. The quantitative estimate of drug-likeness (QED) is 0.403. The minimum Gasteiger partial charge on any atom is -0.508 e. The van der Waals surface area contributed by atoms with E-state index in [1.165, 1.54) is 5.57 Å². The number of benzene rings is 2. The molecule has 0 bridgehead atoms. The smallest absolute Gasteiger partial charge is 0.159 e. The molecule has 4 aromatic rings. The maximum atomic E-state index is 9.84. The Labute approximate surface area is 198 Å². The van der Waals surface area contributed by atoms with E-state index in [-0.39, 0.29) is 0 Å². The van der Waals surface area contributed by atoms with E-state index in [9.17, 15) is 5.11 Å². The van der Waals surface area contributed by atoms with Gasteiger partial charge in [-0.1, -0.05) is 25.1 Å². The van der Waals surface area contributed by atoms with Crippen LogP contribution < -0.4 is 0 Å². The van der Waals surface area contributed by atoms with Crippen LogP contribution >= 0.6 is 0 Å². The van der Waals surface area contributed by atoms with Crippen LogP contribution in [0, 0.1) is 0 Å². The van der Waals surface area contributed by atoms with E-state index < -0.39 is 0 Å². The fourth-order valence-corrected chi connectivity index (χ4v) is 5.23. The molecule has 4 heterocycles. The Morgan fingerprint density at radius 1 is 1.15 bits per heavy atom. The highest BCUT2D eigenvalue weighted by Gasteiger charge is 2.26. The predicted molar refractivity (Wildman–Crippen MR) is 134 cm³/mol. The molecule has 0 radical (unpaired) electrons. The first-order valence-corrected chi connectivity index (χ1v) is 12.1. The van der Waals surface area contributed by atoms with E-state index in [1.807, 2.05) is 18.3 Å². The second-order valence-electron chi connectivity index (χ2n) is 9.18. The molecule has 0 atom stereocenters. The first-order chi connectivity index (χ1) is 16.7. The molecule has 6 rings (SSSR count). The van der Waals surface area contributed by atoms with Crippen molar-refractivity contribution in [2.24, 2.45) is 0 Å². The van der Waals surface area contributed by atoms with Crippen LogP contribution in [0.15, 0.2) is 48.7 Å². The molecule has 0 aliphatic carbocycles. The lowest BCUT2D eigenvalue weighted by molar-refractivity contribution is 0.0444. The first kappa shape index (κ1) is 21.1. The van der Waals surface area contributed by atoms with Gasteiger partial charge in [0.15, 0.2) is 5.82 Å². The molecule has 2 aromatic carbocycles. The highest BCUT2D eigenvalue weighted by Crippen LogP contribution is 2.33. The summed E-state index contributed by atoms with van der Waals surface area (Å²) < 4.78 is 5.52. The number of nitrogens with zero attached hydrogens (tertiary/aromatic N) is 3. The predicted octanol–water partition coefficient (Wildman–Crippen LogP) is 4.77. The van der Waals surface area contributed by atoms with Gasteiger partial charge in [-0.15, -0.1) is 0 Å². The SMILES string of the molecule is CCc1cc(O)ccc1-c1ccc2c(-c3ncc(C4=CCN(C5CCOCC5)C4)[nH]3)n[nH]c2c1. The molecule has 174 valence electrons. The van der Waals surface area contributed by atoms with Gasteiger partial charge in [-0.25, -0.2) is 4.98 Å². The van der Waals surface area contributed by atoms with Gasteiger partial charge in [0.25, 0.3) is 0 Å². The maximum absolute atomic E-state index is 9.84. The van der Waals surface area contributed by atoms with Gasteiger partial charge >= 0.3 is 0 Å². The molecule has 3 N–H and O–H groups in total. The van der Waals surface area contributed by atoms with E-state index in [0.717, 1.165) is 90.4 Å². The number of aryl methyl sites for hydroxylation is 1. The average molecular weight is 456 g/mol. The molecular formula is C27H29N5O2. The summed E-state index contributed by atoms with van der Waals surface area (Å²) in [6.07, 6.45) is 7.31. The lowest BCUT2D eigenvalue weighted by Gasteiger charge is -2.31. The molecule has 2 aliphatic heterocycles. The van der Waals surface area contributed by atoms with Gasteiger partial charge in [-0.3, -0.25) is 10.00 Å². The zero-order chi connectivity index (χ0) is 23.1. The molecule has 7 heteroatoms. The van der Waals surface area contributed by atoms with Crippen LogP contribution in [-0.2, 0) is 11.2 Å². The number of ether oxygens (including phenoxy) is 1. The van der Waals surface area contributed by atoms with Gasteiger partial charge < -0.3 is 14.8 Å². The number of phenolic OH excluding ortho intramolecular Hbond substituents is 1. The van der Waals surface area contributed by atoms with Crippen LogP contribution in [0.4, 0.5) is 0 Å². The summed E-state index contributed by atoms with van der Waals surface area (Å²) in [5.74, 6) is 1.07. The Hall–Kier alpha value is -3.42. The largest absolute Gasteiger partial charge is 0.508 e. The highest BCUT2D eigenvalue weighted by molar-refractivity contribution is 5.94. The van der Waals surface area contributed by atoms with E-state index in [2.05, 4.69) is 56.3 Å². The van der Waals surface area contributed by atoms with Crippen molar-refractivity contribution in [2.75, 3.05) is 26.3 Å². The minimum absolute atomic E-state index is 0.299. The number of aromatic nitrogens is 4. The van der Waals surface area contributed by atoms with Crippen LogP contribution in [0.3, 0.4) is 0 Å². The molecule has 34 heavy (non-hydrogen) atoms. The number of aromatic amines is 2. The van der Waals surface area contributed by atoms with Crippen molar-refractivity contribution in [3.8, 4) is 28.4 Å². The topological polar surface area (TPSA) is 90.1 Å². The maximum Gasteiger partial charge on any atom is 0.159 e. The summed E-state index contributed by atoms with van der Waals surface area (Å²) in [6.45, 7) is 5.77. The number of rotatable bonds is 5. The summed E-state index contributed by atoms with van der Waals surface area (Å²) in [6, 6.07) is 12.5. The van der Waals surface area contributed by atoms with Crippen molar-refractivity contribution in [3.63, 3.8) is 0 Å². The third kappa shape index (κ3) is 3.81. The number of aromatic hydroxyl groups is 1. The van der Waals surface area contributed by atoms with Gasteiger partial charge in [0.05, 0.1) is 17.4 Å². The highest BCUT2D eigenvalue weighted by atomic mass is 16.5. The van der Waals surface area contributed by atoms with Crippen LogP contribution in [-0.4, -0.2) is 62.5 Å². The summed E-state index contributed by atoms with van der Waals surface area (Å²) >= 11 is 0. The Morgan fingerprint density at radius 2 is 2.03 bits per heavy atom. The van der Waals surface area contributed by atoms with Crippen molar-refractivity contribution >= 4 is 16.5 Å². The third-order valence-electron chi connectivity index (χ3n) is 7.14. The van der Waals surface area contributed by atoms with Crippen LogP contribution in [0.2, 0.25) is 0 Å². The van der Waals surface area contributed by atoms with Crippen molar-refractivity contribution in [2.45, 2.75) is 32.2 Å². The van der Waals surface area contributed by atoms with Crippen molar-refractivity contribution in [3.05, 3.63) is 59.9 Å². The number of imidazole rings is 1. The second kappa shape index (κ2) is 8.74. The summed E-state index contributed by atoms with van der Waals surface area (Å²) in [4.78, 5) is 10.7. The number of hydrogen-bond donors (Lipinski definition) is 3. The molecule has 2 aliphatic rings. The summed E-state index contributed by atoms with van der Waals surface area (Å²) in [5, 5.41) is 18.6. The molecule has 1 saturated heterocycles. The Morgan fingerprint density at radius 3 is 2.88 bits per heavy atom. The lowest BCUT2D eigenvalue weighted by Crippen LogP contribution is -2.38. The number of nitrogens with one attached hydrogen (secondary N) is 2. The summed E-state index contributed by atoms with van der Waals surface area (Å²) in [5.41, 5.74) is 7.50. The van der Waals surface area contributed by atoms with Crippen molar-refractivity contribution in [1.82, 2.24) is 25.1 Å². The Bertz CT molecular complexity index is 1360. The summed E-state index contributed by atoms with van der Waals surface area (Å²) in [7, 11) is 0. The van der Waals surface area contributed by atoms with Gasteiger partial charge in [-0.05, 0) is 65.8 Å². The molecular weight excluding hydrogens is 426 g/mol. The van der Waals surface area contributed by atoms with Gasteiger partial charge in [0, 0.05) is 37.7 Å².